The molecule has 1 rings (SSSR count). The van der Waals surface area contributed by atoms with E-state index in [4.69, 9.17) is 10.2 Å². The number of carbonyl (C=O) groups is 2. The van der Waals surface area contributed by atoms with Crippen LogP contribution in [0.25, 0.3) is 0 Å². The molecule has 110 valence electrons. The first-order valence-corrected chi connectivity index (χ1v) is 6.91. The Labute approximate surface area is 113 Å². The summed E-state index contributed by atoms with van der Waals surface area (Å²) in [7, 11) is 0. The van der Waals surface area contributed by atoms with Crippen molar-refractivity contribution in [3.05, 3.63) is 0 Å². The van der Waals surface area contributed by atoms with E-state index < -0.39 is 12.1 Å². The zero-order chi connectivity index (χ0) is 14.4. The van der Waals surface area contributed by atoms with E-state index >= 15 is 0 Å². The fourth-order valence-corrected chi connectivity index (χ4v) is 2.69. The second kappa shape index (κ2) is 7.33. The highest BCUT2D eigenvalue weighted by Gasteiger charge is 2.32. The Kier molecular flexibility index (Phi) is 6.08. The van der Waals surface area contributed by atoms with Crippen LogP contribution in [-0.4, -0.2) is 40.9 Å². The topological polar surface area (TPSA) is 98.7 Å². The highest BCUT2D eigenvalue weighted by atomic mass is 16.4. The number of hydrogen-bond donors (Lipinski definition) is 4. The highest BCUT2D eigenvalue weighted by molar-refractivity contribution is 5.74. The smallest absolute Gasteiger partial charge is 0.332 e. The third-order valence-corrected chi connectivity index (χ3v) is 4.06. The maximum absolute atomic E-state index is 11.6. The summed E-state index contributed by atoms with van der Waals surface area (Å²) in [6.07, 6.45) is 1.85. The Balaban J connectivity index is 2.23. The van der Waals surface area contributed by atoms with Crippen LogP contribution in [0.5, 0.6) is 0 Å². The maximum Gasteiger partial charge on any atom is 0.332 e. The number of aliphatic hydroxyl groups excluding tert-OH is 1. The number of carboxylic acid groups (broad SMARTS) is 1. The van der Waals surface area contributed by atoms with Gasteiger partial charge in [-0.1, -0.05) is 20.3 Å². The van der Waals surface area contributed by atoms with Crippen LogP contribution in [0.2, 0.25) is 0 Å². The van der Waals surface area contributed by atoms with Crippen LogP contribution in [0.3, 0.4) is 0 Å². The summed E-state index contributed by atoms with van der Waals surface area (Å²) >= 11 is 0. The van der Waals surface area contributed by atoms with Crippen molar-refractivity contribution in [1.29, 1.82) is 0 Å². The molecule has 0 bridgehead atoms. The first kappa shape index (κ1) is 15.8. The number of carbonyl (C=O) groups excluding carboxylic acids is 1. The average Bonchev–Trinajstić information content (AvgIpc) is 2.70. The Hall–Kier alpha value is -1.30. The SMILES string of the molecule is CCC1CCC(NC(=O)NCCC(O)C(=O)O)C1C. The van der Waals surface area contributed by atoms with Crippen molar-refractivity contribution < 1.29 is 19.8 Å². The average molecular weight is 272 g/mol. The van der Waals surface area contributed by atoms with Gasteiger partial charge in [-0.3, -0.25) is 0 Å². The van der Waals surface area contributed by atoms with E-state index in [0.29, 0.717) is 11.8 Å². The van der Waals surface area contributed by atoms with Crippen LogP contribution in [0, 0.1) is 11.8 Å². The molecule has 0 saturated heterocycles. The Morgan fingerprint density at radius 2 is 2.05 bits per heavy atom. The standard InChI is InChI=1S/C13H24N2O4/c1-3-9-4-5-10(8(9)2)15-13(19)14-7-6-11(16)12(17)18/h8-11,16H,3-7H2,1-2H3,(H,17,18)(H2,14,15,19). The van der Waals surface area contributed by atoms with Crippen molar-refractivity contribution in [2.24, 2.45) is 11.8 Å². The number of urea groups is 1. The minimum Gasteiger partial charge on any atom is -0.479 e. The summed E-state index contributed by atoms with van der Waals surface area (Å²) < 4.78 is 0. The zero-order valence-electron chi connectivity index (χ0n) is 11.6. The molecule has 0 spiro atoms. The van der Waals surface area contributed by atoms with Gasteiger partial charge in [0.2, 0.25) is 0 Å². The van der Waals surface area contributed by atoms with E-state index in [9.17, 15) is 9.59 Å². The third kappa shape index (κ3) is 4.70. The summed E-state index contributed by atoms with van der Waals surface area (Å²) in [5.41, 5.74) is 0. The number of carboxylic acids is 1. The van der Waals surface area contributed by atoms with Gasteiger partial charge in [0.15, 0.2) is 6.10 Å². The summed E-state index contributed by atoms with van der Waals surface area (Å²) in [6.45, 7) is 4.47. The Morgan fingerprint density at radius 3 is 2.58 bits per heavy atom. The van der Waals surface area contributed by atoms with Crippen LogP contribution in [-0.2, 0) is 4.79 Å². The van der Waals surface area contributed by atoms with Crippen LogP contribution in [0.4, 0.5) is 4.79 Å². The molecule has 1 aliphatic rings. The molecule has 0 aromatic rings. The molecule has 2 amide bonds. The second-order valence-corrected chi connectivity index (χ2v) is 5.25. The predicted octanol–water partition coefficient (Wildman–Crippen LogP) is 0.946. The lowest BCUT2D eigenvalue weighted by atomic mass is 9.94. The van der Waals surface area contributed by atoms with E-state index in [1.165, 1.54) is 0 Å². The van der Waals surface area contributed by atoms with Gasteiger partial charge in [-0.2, -0.15) is 0 Å². The molecular formula is C13H24N2O4. The molecule has 0 heterocycles. The summed E-state index contributed by atoms with van der Waals surface area (Å²) in [6, 6.07) is -0.0967. The van der Waals surface area contributed by atoms with Gasteiger partial charge in [-0.25, -0.2) is 9.59 Å². The molecule has 0 aromatic heterocycles. The van der Waals surface area contributed by atoms with Gasteiger partial charge in [-0.15, -0.1) is 0 Å². The van der Waals surface area contributed by atoms with E-state index in [-0.39, 0.29) is 25.0 Å². The number of rotatable bonds is 6. The molecule has 0 aliphatic heterocycles. The zero-order valence-corrected chi connectivity index (χ0v) is 11.6. The fraction of sp³-hybridized carbons (Fsp3) is 0.846. The minimum absolute atomic E-state index is 0.0144. The Bertz CT molecular complexity index is 322. The summed E-state index contributed by atoms with van der Waals surface area (Å²) in [5, 5.41) is 23.0. The summed E-state index contributed by atoms with van der Waals surface area (Å²) in [5.74, 6) is -0.128. The fourth-order valence-electron chi connectivity index (χ4n) is 2.69. The van der Waals surface area contributed by atoms with E-state index in [1.54, 1.807) is 0 Å². The van der Waals surface area contributed by atoms with Crippen LogP contribution >= 0.6 is 0 Å². The largest absolute Gasteiger partial charge is 0.479 e. The van der Waals surface area contributed by atoms with Crippen molar-refractivity contribution in [2.45, 2.75) is 51.7 Å². The monoisotopic (exact) mass is 272 g/mol. The normalized spacial score (nSPS) is 27.8. The maximum atomic E-state index is 11.6. The molecule has 1 saturated carbocycles. The molecule has 4 N–H and O–H groups in total. The molecule has 4 unspecified atom stereocenters. The molecule has 4 atom stereocenters. The van der Waals surface area contributed by atoms with Crippen molar-refractivity contribution in [3.63, 3.8) is 0 Å². The van der Waals surface area contributed by atoms with Gasteiger partial charge in [0.1, 0.15) is 0 Å². The molecule has 0 aromatic carbocycles. The number of aliphatic carboxylic acids is 1. The first-order chi connectivity index (χ1) is 8.95. The second-order valence-electron chi connectivity index (χ2n) is 5.25. The van der Waals surface area contributed by atoms with E-state index in [2.05, 4.69) is 24.5 Å². The van der Waals surface area contributed by atoms with Crippen LogP contribution < -0.4 is 10.6 Å². The number of hydrogen-bond acceptors (Lipinski definition) is 3. The minimum atomic E-state index is -1.42. The van der Waals surface area contributed by atoms with Crippen molar-refractivity contribution >= 4 is 12.0 Å². The quantitative estimate of drug-likeness (QED) is 0.578. The van der Waals surface area contributed by atoms with Gasteiger partial charge < -0.3 is 20.8 Å². The Morgan fingerprint density at radius 1 is 1.37 bits per heavy atom. The van der Waals surface area contributed by atoms with Crippen molar-refractivity contribution in [3.8, 4) is 0 Å². The van der Waals surface area contributed by atoms with Gasteiger partial charge in [0, 0.05) is 19.0 Å². The molecule has 6 nitrogen and oxygen atoms in total. The highest BCUT2D eigenvalue weighted by Crippen LogP contribution is 2.33. The lowest BCUT2D eigenvalue weighted by molar-refractivity contribution is -0.146. The first-order valence-electron chi connectivity index (χ1n) is 6.91. The molecule has 1 aliphatic carbocycles. The van der Waals surface area contributed by atoms with Gasteiger partial charge in [-0.05, 0) is 24.7 Å². The van der Waals surface area contributed by atoms with Crippen LogP contribution in [0.15, 0.2) is 0 Å². The molecule has 19 heavy (non-hydrogen) atoms. The van der Waals surface area contributed by atoms with Gasteiger partial charge in [0.05, 0.1) is 0 Å². The van der Waals surface area contributed by atoms with Gasteiger partial charge >= 0.3 is 12.0 Å². The number of nitrogens with one attached hydrogen (secondary N) is 2. The predicted molar refractivity (Wildman–Crippen MR) is 70.8 cm³/mol. The lowest BCUT2D eigenvalue weighted by Gasteiger charge is -2.21. The molecular weight excluding hydrogens is 248 g/mol. The summed E-state index contributed by atoms with van der Waals surface area (Å²) in [4.78, 5) is 22.0. The molecule has 6 heteroatoms. The molecule has 0 radical (unpaired) electrons. The van der Waals surface area contributed by atoms with E-state index in [1.807, 2.05) is 0 Å². The molecule has 1 fully saturated rings. The van der Waals surface area contributed by atoms with Gasteiger partial charge in [0.25, 0.3) is 0 Å². The van der Waals surface area contributed by atoms with Crippen molar-refractivity contribution in [2.75, 3.05) is 6.54 Å². The van der Waals surface area contributed by atoms with Crippen molar-refractivity contribution in [1.82, 2.24) is 10.6 Å². The van der Waals surface area contributed by atoms with Crippen LogP contribution in [0.1, 0.15) is 39.5 Å². The van der Waals surface area contributed by atoms with E-state index in [0.717, 1.165) is 19.3 Å². The lowest BCUT2D eigenvalue weighted by Crippen LogP contribution is -2.44. The number of amides is 2. The number of aliphatic hydroxyl groups is 1. The third-order valence-electron chi connectivity index (χ3n) is 4.06.